The van der Waals surface area contributed by atoms with E-state index in [-0.39, 0.29) is 17.9 Å². The normalized spacial score (nSPS) is 15.2. The number of halogens is 1. The van der Waals surface area contributed by atoms with E-state index in [1.165, 1.54) is 23.8 Å². The number of anilines is 1. The lowest BCUT2D eigenvalue weighted by Gasteiger charge is -2.26. The first kappa shape index (κ1) is 16.5. The van der Waals surface area contributed by atoms with Crippen LogP contribution < -0.4 is 5.32 Å². The molecule has 3 rings (SSSR count). The molecule has 0 spiro atoms. The highest BCUT2D eigenvalue weighted by molar-refractivity contribution is 5.89. The monoisotopic (exact) mass is 330 g/mol. The first-order chi connectivity index (χ1) is 11.5. The average molecular weight is 330 g/mol. The molecular formula is C18H23FN4O. The van der Waals surface area contributed by atoms with E-state index in [0.717, 1.165) is 17.9 Å². The third-order valence-electron chi connectivity index (χ3n) is 4.63. The van der Waals surface area contributed by atoms with Gasteiger partial charge in [-0.05, 0) is 38.7 Å². The number of nitrogens with one attached hydrogen (secondary N) is 1. The van der Waals surface area contributed by atoms with Gasteiger partial charge >= 0.3 is 6.03 Å². The number of urea groups is 1. The molecule has 1 heterocycles. The van der Waals surface area contributed by atoms with Crippen LogP contribution >= 0.6 is 0 Å². The number of aromatic nitrogens is 2. The summed E-state index contributed by atoms with van der Waals surface area (Å²) in [6.07, 6.45) is 4.20. The van der Waals surface area contributed by atoms with E-state index in [1.54, 1.807) is 31.4 Å². The van der Waals surface area contributed by atoms with Gasteiger partial charge < -0.3 is 4.90 Å². The number of carbonyl (C=O) groups is 1. The van der Waals surface area contributed by atoms with Crippen LogP contribution in [0.5, 0.6) is 0 Å². The molecule has 5 nitrogen and oxygen atoms in total. The minimum Gasteiger partial charge on any atom is -0.321 e. The van der Waals surface area contributed by atoms with E-state index in [4.69, 9.17) is 0 Å². The van der Waals surface area contributed by atoms with E-state index in [0.29, 0.717) is 11.5 Å². The molecule has 6 heteroatoms. The van der Waals surface area contributed by atoms with Crippen LogP contribution in [0, 0.1) is 18.7 Å². The van der Waals surface area contributed by atoms with E-state index in [1.807, 2.05) is 18.5 Å². The highest BCUT2D eigenvalue weighted by Crippen LogP contribution is 2.32. The van der Waals surface area contributed by atoms with Gasteiger partial charge in [0.05, 0.1) is 12.2 Å². The molecule has 0 radical (unpaired) electrons. The first-order valence-electron chi connectivity index (χ1n) is 8.28. The zero-order valence-corrected chi connectivity index (χ0v) is 14.3. The second-order valence-corrected chi connectivity index (χ2v) is 6.54. The van der Waals surface area contributed by atoms with Gasteiger partial charge in [0, 0.05) is 24.7 Å². The van der Waals surface area contributed by atoms with Crippen LogP contribution in [0.3, 0.4) is 0 Å². The number of aryl methyl sites for hydroxylation is 1. The third kappa shape index (κ3) is 3.42. The van der Waals surface area contributed by atoms with Gasteiger partial charge in [-0.1, -0.05) is 18.2 Å². The Morgan fingerprint density at radius 2 is 2.17 bits per heavy atom. The summed E-state index contributed by atoms with van der Waals surface area (Å²) < 4.78 is 15.8. The van der Waals surface area contributed by atoms with Crippen molar-refractivity contribution in [3.63, 3.8) is 0 Å². The average Bonchev–Trinajstić information content (AvgIpc) is 3.33. The predicted octanol–water partition coefficient (Wildman–Crippen LogP) is 3.97. The van der Waals surface area contributed by atoms with Crippen molar-refractivity contribution in [2.24, 2.45) is 5.92 Å². The number of amides is 2. The molecule has 1 atom stereocenters. The molecule has 128 valence electrons. The third-order valence-corrected chi connectivity index (χ3v) is 4.63. The Hall–Kier alpha value is -2.37. The molecule has 1 aliphatic carbocycles. The van der Waals surface area contributed by atoms with Gasteiger partial charge in [-0.2, -0.15) is 5.10 Å². The molecule has 1 aromatic carbocycles. The van der Waals surface area contributed by atoms with Crippen LogP contribution in [0.2, 0.25) is 0 Å². The van der Waals surface area contributed by atoms with Gasteiger partial charge in [-0.15, -0.1) is 0 Å². The van der Waals surface area contributed by atoms with Crippen LogP contribution in [-0.2, 0) is 6.54 Å². The molecule has 0 aliphatic heterocycles. The second-order valence-electron chi connectivity index (χ2n) is 6.54. The number of hydrogen-bond acceptors (Lipinski definition) is 2. The molecule has 24 heavy (non-hydrogen) atoms. The maximum atomic E-state index is 13.9. The van der Waals surface area contributed by atoms with Gasteiger partial charge in [0.1, 0.15) is 11.6 Å². The van der Waals surface area contributed by atoms with Gasteiger partial charge in [0.15, 0.2) is 0 Å². The van der Waals surface area contributed by atoms with Gasteiger partial charge in [0.2, 0.25) is 0 Å². The fraction of sp³-hybridized carbons (Fsp3) is 0.444. The van der Waals surface area contributed by atoms with Gasteiger partial charge in [0.25, 0.3) is 0 Å². The number of rotatable bonds is 5. The molecule has 1 aliphatic rings. The van der Waals surface area contributed by atoms with Crippen molar-refractivity contribution in [1.29, 1.82) is 0 Å². The summed E-state index contributed by atoms with van der Waals surface area (Å²) in [7, 11) is 1.67. The summed E-state index contributed by atoms with van der Waals surface area (Å²) in [5.74, 6) is 1.08. The molecule has 1 fully saturated rings. The van der Waals surface area contributed by atoms with Crippen molar-refractivity contribution < 1.29 is 9.18 Å². The summed E-state index contributed by atoms with van der Waals surface area (Å²) in [6.45, 7) is 4.56. The summed E-state index contributed by atoms with van der Waals surface area (Å²) in [5.41, 5.74) is 1.43. The van der Waals surface area contributed by atoms with Crippen molar-refractivity contribution in [2.75, 3.05) is 12.4 Å². The number of hydrogen-bond donors (Lipinski definition) is 1. The van der Waals surface area contributed by atoms with E-state index < -0.39 is 0 Å². The minimum absolute atomic E-state index is 0.272. The molecule has 2 aromatic rings. The fourth-order valence-corrected chi connectivity index (χ4v) is 2.71. The smallest absolute Gasteiger partial charge is 0.321 e. The minimum atomic E-state index is -0.369. The fourth-order valence-electron chi connectivity index (χ4n) is 2.71. The highest BCUT2D eigenvalue weighted by atomic mass is 19.1. The van der Waals surface area contributed by atoms with E-state index in [2.05, 4.69) is 10.4 Å². The Labute approximate surface area is 141 Å². The summed E-state index contributed by atoms with van der Waals surface area (Å²) >= 11 is 0. The van der Waals surface area contributed by atoms with Gasteiger partial charge in [-0.25, -0.2) is 13.9 Å². The zero-order chi connectivity index (χ0) is 17.3. The Kier molecular flexibility index (Phi) is 4.55. The van der Waals surface area contributed by atoms with Crippen molar-refractivity contribution in [1.82, 2.24) is 14.7 Å². The van der Waals surface area contributed by atoms with Crippen molar-refractivity contribution >= 4 is 11.8 Å². The van der Waals surface area contributed by atoms with E-state index in [9.17, 15) is 9.18 Å². The Balaban J connectivity index is 1.72. The zero-order valence-electron chi connectivity index (χ0n) is 14.3. The maximum Gasteiger partial charge on any atom is 0.323 e. The molecule has 1 N–H and O–H groups in total. The van der Waals surface area contributed by atoms with Crippen LogP contribution in [0.4, 0.5) is 15.0 Å². The molecule has 0 saturated heterocycles. The summed E-state index contributed by atoms with van der Waals surface area (Å²) in [6, 6.07) is 5.89. The summed E-state index contributed by atoms with van der Waals surface area (Å²) in [5, 5.41) is 7.28. The Morgan fingerprint density at radius 3 is 2.83 bits per heavy atom. The molecule has 1 saturated carbocycles. The standard InChI is InChI=1S/C18H23FN4O/c1-12-10-20-23(11-14-8-9-14)17(12)21-18(24)22(3)13(2)15-6-4-5-7-16(15)19/h4-7,10,13-14H,8-9,11H2,1-3H3,(H,21,24). The van der Waals surface area contributed by atoms with Crippen molar-refractivity contribution in [2.45, 2.75) is 39.3 Å². The molecule has 1 unspecified atom stereocenters. The Bertz CT molecular complexity index is 738. The largest absolute Gasteiger partial charge is 0.323 e. The van der Waals surface area contributed by atoms with Gasteiger partial charge in [-0.3, -0.25) is 5.32 Å². The van der Waals surface area contributed by atoms with Crippen molar-refractivity contribution in [3.8, 4) is 0 Å². The Morgan fingerprint density at radius 1 is 1.46 bits per heavy atom. The molecule has 0 bridgehead atoms. The first-order valence-corrected chi connectivity index (χ1v) is 8.28. The van der Waals surface area contributed by atoms with Crippen LogP contribution in [0.25, 0.3) is 0 Å². The number of nitrogens with zero attached hydrogens (tertiary/aromatic N) is 3. The molecular weight excluding hydrogens is 307 g/mol. The lowest BCUT2D eigenvalue weighted by molar-refractivity contribution is 0.207. The maximum absolute atomic E-state index is 13.9. The molecule has 2 amide bonds. The molecule has 1 aromatic heterocycles. The number of carbonyl (C=O) groups excluding carboxylic acids is 1. The lowest BCUT2D eigenvalue weighted by atomic mass is 10.1. The van der Waals surface area contributed by atoms with Crippen LogP contribution in [-0.4, -0.2) is 27.8 Å². The van der Waals surface area contributed by atoms with Crippen LogP contribution in [0.1, 0.15) is 36.9 Å². The quantitative estimate of drug-likeness (QED) is 0.902. The lowest BCUT2D eigenvalue weighted by Crippen LogP contribution is -2.34. The second kappa shape index (κ2) is 6.63. The predicted molar refractivity (Wildman–Crippen MR) is 91.3 cm³/mol. The highest BCUT2D eigenvalue weighted by Gasteiger charge is 2.25. The SMILES string of the molecule is Cc1cnn(CC2CC2)c1NC(=O)N(C)C(C)c1ccccc1F. The number of benzene rings is 1. The van der Waals surface area contributed by atoms with E-state index >= 15 is 0 Å². The van der Waals surface area contributed by atoms with Crippen molar-refractivity contribution in [3.05, 3.63) is 47.4 Å². The topological polar surface area (TPSA) is 50.2 Å². The summed E-state index contributed by atoms with van der Waals surface area (Å²) in [4.78, 5) is 14.1. The van der Waals surface area contributed by atoms with Crippen LogP contribution in [0.15, 0.2) is 30.5 Å².